The second kappa shape index (κ2) is 10.1. The molecule has 1 aliphatic heterocycles. The quantitative estimate of drug-likeness (QED) is 0.515. The van der Waals surface area contributed by atoms with Gasteiger partial charge in [0.05, 0.1) is 32.5 Å². The van der Waals surface area contributed by atoms with Crippen LogP contribution in [-0.4, -0.2) is 44.4 Å². The van der Waals surface area contributed by atoms with E-state index in [0.717, 1.165) is 40.4 Å². The largest absolute Gasteiger partial charge is 0.493 e. The molecule has 3 aromatic carbocycles. The molecule has 0 saturated carbocycles. The van der Waals surface area contributed by atoms with Crippen molar-refractivity contribution in [3.05, 3.63) is 83.4 Å². The van der Waals surface area contributed by atoms with E-state index >= 15 is 0 Å². The summed E-state index contributed by atoms with van der Waals surface area (Å²) in [6, 6.07) is 22.3. The summed E-state index contributed by atoms with van der Waals surface area (Å²) in [6.45, 7) is 1.08. The Kier molecular flexibility index (Phi) is 7.02. The van der Waals surface area contributed by atoms with Gasteiger partial charge in [-0.2, -0.15) is 0 Å². The minimum Gasteiger partial charge on any atom is -0.493 e. The number of benzene rings is 3. The van der Waals surface area contributed by atoms with E-state index in [2.05, 4.69) is 34.5 Å². The van der Waals surface area contributed by atoms with Gasteiger partial charge in [0.1, 0.15) is 0 Å². The highest BCUT2D eigenvalue weighted by molar-refractivity contribution is 7.98. The first-order valence-electron chi connectivity index (χ1n) is 10.6. The Labute approximate surface area is 193 Å². The molecule has 4 rings (SSSR count). The second-order valence-corrected chi connectivity index (χ2v) is 8.54. The van der Waals surface area contributed by atoms with Crippen LogP contribution in [0.25, 0.3) is 0 Å². The van der Waals surface area contributed by atoms with Gasteiger partial charge in [-0.1, -0.05) is 42.5 Å². The maximum absolute atomic E-state index is 13.1. The minimum absolute atomic E-state index is 0.0173. The number of ether oxygens (including phenoxy) is 2. The van der Waals surface area contributed by atoms with E-state index in [-0.39, 0.29) is 11.9 Å². The number of rotatable bonds is 7. The van der Waals surface area contributed by atoms with Gasteiger partial charge in [0.15, 0.2) is 11.5 Å². The number of fused-ring (bicyclic) bond motifs is 1. The zero-order valence-corrected chi connectivity index (χ0v) is 19.4. The van der Waals surface area contributed by atoms with E-state index < -0.39 is 0 Å². The topological polar surface area (TPSA) is 50.8 Å². The molecule has 0 aliphatic carbocycles. The van der Waals surface area contributed by atoms with Gasteiger partial charge < -0.3 is 14.8 Å². The lowest BCUT2D eigenvalue weighted by Crippen LogP contribution is -2.41. The van der Waals surface area contributed by atoms with Gasteiger partial charge in [-0.15, -0.1) is 11.8 Å². The third-order valence-electron chi connectivity index (χ3n) is 5.82. The summed E-state index contributed by atoms with van der Waals surface area (Å²) in [4.78, 5) is 16.3. The summed E-state index contributed by atoms with van der Waals surface area (Å²) in [5, 5.41) is 3.10. The van der Waals surface area contributed by atoms with Crippen LogP contribution in [0.3, 0.4) is 0 Å². The number of carbonyl (C=O) groups is 1. The lowest BCUT2D eigenvalue weighted by Gasteiger charge is -2.37. The number of methoxy groups -OCH3 is 2. The first kappa shape index (κ1) is 22.2. The van der Waals surface area contributed by atoms with Crippen LogP contribution in [-0.2, 0) is 11.2 Å². The van der Waals surface area contributed by atoms with Gasteiger partial charge in [0, 0.05) is 11.4 Å². The van der Waals surface area contributed by atoms with Crippen molar-refractivity contribution in [1.82, 2.24) is 4.90 Å². The summed E-state index contributed by atoms with van der Waals surface area (Å²) in [5.41, 5.74) is 4.38. The zero-order chi connectivity index (χ0) is 22.5. The fourth-order valence-corrected chi connectivity index (χ4v) is 4.87. The van der Waals surface area contributed by atoms with Crippen LogP contribution in [0.1, 0.15) is 22.7 Å². The summed E-state index contributed by atoms with van der Waals surface area (Å²) in [7, 11) is 3.31. The number of nitrogens with one attached hydrogen (secondary N) is 1. The van der Waals surface area contributed by atoms with Gasteiger partial charge in [0.25, 0.3) is 0 Å². The Bertz CT molecular complexity index is 1090. The Hall–Kier alpha value is -2.96. The maximum Gasteiger partial charge on any atom is 0.238 e. The van der Waals surface area contributed by atoms with Crippen LogP contribution < -0.4 is 14.8 Å². The van der Waals surface area contributed by atoms with Crippen molar-refractivity contribution in [2.75, 3.05) is 38.9 Å². The normalized spacial score (nSPS) is 15.7. The van der Waals surface area contributed by atoms with Crippen molar-refractivity contribution < 1.29 is 14.3 Å². The smallest absolute Gasteiger partial charge is 0.238 e. The highest BCUT2D eigenvalue weighted by atomic mass is 32.2. The summed E-state index contributed by atoms with van der Waals surface area (Å²) < 4.78 is 11.1. The second-order valence-electron chi connectivity index (χ2n) is 7.69. The number of para-hydroxylation sites is 1. The maximum atomic E-state index is 13.1. The number of nitrogens with zero attached hydrogens (tertiary/aromatic N) is 1. The molecule has 0 bridgehead atoms. The molecule has 0 unspecified atom stereocenters. The average molecular weight is 449 g/mol. The van der Waals surface area contributed by atoms with Crippen molar-refractivity contribution in [3.63, 3.8) is 0 Å². The summed E-state index contributed by atoms with van der Waals surface area (Å²) in [5.74, 6) is 1.42. The molecule has 0 spiro atoms. The fraction of sp³-hybridized carbons (Fsp3) is 0.269. The molecule has 1 amide bonds. The molecule has 1 aliphatic rings. The molecular weight excluding hydrogens is 420 g/mol. The Morgan fingerprint density at radius 1 is 1.03 bits per heavy atom. The minimum atomic E-state index is -0.0405. The molecule has 32 heavy (non-hydrogen) atoms. The molecule has 1 heterocycles. The van der Waals surface area contributed by atoms with Crippen LogP contribution in [0.2, 0.25) is 0 Å². The molecule has 0 saturated heterocycles. The van der Waals surface area contributed by atoms with Crippen molar-refractivity contribution in [3.8, 4) is 11.5 Å². The Morgan fingerprint density at radius 2 is 1.72 bits per heavy atom. The van der Waals surface area contributed by atoms with Crippen LogP contribution in [0, 0.1) is 0 Å². The monoisotopic (exact) mass is 448 g/mol. The van der Waals surface area contributed by atoms with Gasteiger partial charge in [-0.25, -0.2) is 0 Å². The van der Waals surface area contributed by atoms with Crippen LogP contribution >= 0.6 is 11.8 Å². The van der Waals surface area contributed by atoms with Crippen molar-refractivity contribution in [2.24, 2.45) is 0 Å². The number of thioether (sulfide) groups is 1. The van der Waals surface area contributed by atoms with Gasteiger partial charge in [-0.3, -0.25) is 9.69 Å². The van der Waals surface area contributed by atoms with Crippen LogP contribution in [0.15, 0.2) is 71.6 Å². The number of hydrogen-bond donors (Lipinski definition) is 1. The average Bonchev–Trinajstić information content (AvgIpc) is 2.83. The van der Waals surface area contributed by atoms with Crippen molar-refractivity contribution >= 4 is 23.4 Å². The van der Waals surface area contributed by atoms with E-state index in [4.69, 9.17) is 9.47 Å². The molecular formula is C26H28N2O3S. The van der Waals surface area contributed by atoms with E-state index in [9.17, 15) is 4.79 Å². The van der Waals surface area contributed by atoms with Gasteiger partial charge >= 0.3 is 0 Å². The van der Waals surface area contributed by atoms with Gasteiger partial charge in [0.2, 0.25) is 5.91 Å². The summed E-state index contributed by atoms with van der Waals surface area (Å²) in [6.07, 6.45) is 2.85. The molecule has 6 heteroatoms. The van der Waals surface area contributed by atoms with Gasteiger partial charge in [-0.05, 0) is 53.6 Å². The van der Waals surface area contributed by atoms with E-state index in [1.54, 1.807) is 26.0 Å². The predicted octanol–water partition coefficient (Wildman–Crippen LogP) is 5.01. The molecule has 0 aromatic heterocycles. The molecule has 1 N–H and O–H groups in total. The van der Waals surface area contributed by atoms with E-state index in [1.807, 2.05) is 48.7 Å². The zero-order valence-electron chi connectivity index (χ0n) is 18.6. The molecule has 3 aromatic rings. The number of anilines is 1. The lowest BCUT2D eigenvalue weighted by atomic mass is 9.87. The van der Waals surface area contributed by atoms with E-state index in [0.29, 0.717) is 12.3 Å². The number of carbonyl (C=O) groups excluding carboxylic acids is 1. The molecule has 5 nitrogen and oxygen atoms in total. The van der Waals surface area contributed by atoms with Crippen molar-refractivity contribution in [2.45, 2.75) is 17.4 Å². The fourth-order valence-electron chi connectivity index (χ4n) is 4.32. The SMILES string of the molecule is COc1cc2c(cc1OC)[C@H](c1ccccc1)N(CC(=O)Nc1ccccc1SC)CC2. The highest BCUT2D eigenvalue weighted by Gasteiger charge is 2.31. The molecule has 166 valence electrons. The van der Waals surface area contributed by atoms with Crippen molar-refractivity contribution in [1.29, 1.82) is 0 Å². The standard InChI is InChI=1S/C26H28N2O3S/c1-30-22-15-19-13-14-28(17-25(29)27-21-11-7-8-12-24(21)32-3)26(18-9-5-4-6-10-18)20(19)16-23(22)31-2/h4-12,15-16,26H,13-14,17H2,1-3H3,(H,27,29)/t26-/m0/s1. The predicted molar refractivity (Wildman–Crippen MR) is 130 cm³/mol. The Morgan fingerprint density at radius 3 is 2.44 bits per heavy atom. The van der Waals surface area contributed by atoms with Crippen LogP contribution in [0.4, 0.5) is 5.69 Å². The summed E-state index contributed by atoms with van der Waals surface area (Å²) >= 11 is 1.63. The highest BCUT2D eigenvalue weighted by Crippen LogP contribution is 2.41. The third-order valence-corrected chi connectivity index (χ3v) is 6.61. The molecule has 1 atom stereocenters. The lowest BCUT2D eigenvalue weighted by molar-refractivity contribution is -0.117. The molecule has 0 fully saturated rings. The molecule has 0 radical (unpaired) electrons. The van der Waals surface area contributed by atoms with Crippen LogP contribution in [0.5, 0.6) is 11.5 Å². The first-order valence-corrected chi connectivity index (χ1v) is 11.8. The van der Waals surface area contributed by atoms with E-state index in [1.165, 1.54) is 5.56 Å². The third kappa shape index (κ3) is 4.61. The first-order chi connectivity index (χ1) is 15.6. The number of amides is 1. The number of hydrogen-bond acceptors (Lipinski definition) is 5. The Balaban J connectivity index is 1.65.